The normalized spacial score (nSPS) is 10.8. The molecule has 0 aliphatic rings. The number of hydrogen-bond donors (Lipinski definition) is 1. The fourth-order valence-electron chi connectivity index (χ4n) is 0.714. The van der Waals surface area contributed by atoms with Crippen molar-refractivity contribution >= 4 is 22.9 Å². The maximum Gasteiger partial charge on any atom is 0.329 e. The largest absolute Gasteiger partial charge is 0.478 e. The first-order valence-electron chi connectivity index (χ1n) is 3.12. The minimum absolute atomic E-state index is 0.192. The zero-order chi connectivity index (χ0) is 8.97. The zero-order valence-corrected chi connectivity index (χ0v) is 6.84. The molecule has 0 amide bonds. The smallest absolute Gasteiger partial charge is 0.329 e. The molecule has 1 aromatic heterocycles. The van der Waals surface area contributed by atoms with Crippen LogP contribution in [0.3, 0.4) is 0 Å². The number of nitriles is 1. The molecule has 60 valence electrons. The fourth-order valence-corrected chi connectivity index (χ4v) is 1.41. The summed E-state index contributed by atoms with van der Waals surface area (Å²) in [5, 5.41) is 18.8. The van der Waals surface area contributed by atoms with Gasteiger partial charge in [-0.2, -0.15) is 5.26 Å². The van der Waals surface area contributed by atoms with Crippen molar-refractivity contribution in [2.24, 2.45) is 0 Å². The van der Waals surface area contributed by atoms with Crippen LogP contribution in [0.2, 0.25) is 0 Å². The Balaban J connectivity index is 3.01. The van der Waals surface area contributed by atoms with Crippen molar-refractivity contribution in [3.63, 3.8) is 0 Å². The van der Waals surface area contributed by atoms with E-state index in [2.05, 4.69) is 0 Å². The fraction of sp³-hybridized carbons (Fsp3) is 0. The molecule has 1 aromatic rings. The maximum atomic E-state index is 10.2. The van der Waals surface area contributed by atoms with Gasteiger partial charge in [0, 0.05) is 11.0 Å². The minimum atomic E-state index is -1.10. The van der Waals surface area contributed by atoms with Gasteiger partial charge in [0.2, 0.25) is 0 Å². The monoisotopic (exact) mass is 179 g/mol. The number of aliphatic carboxylic acids is 1. The van der Waals surface area contributed by atoms with Crippen molar-refractivity contribution < 1.29 is 9.90 Å². The number of carboxylic acid groups (broad SMARTS) is 1. The highest BCUT2D eigenvalue weighted by Crippen LogP contribution is 2.18. The lowest BCUT2D eigenvalue weighted by atomic mass is 10.2. The Bertz CT molecular complexity index is 346. The highest BCUT2D eigenvalue weighted by atomic mass is 32.1. The van der Waals surface area contributed by atoms with E-state index in [1.54, 1.807) is 17.5 Å². The second kappa shape index (κ2) is 3.69. The molecule has 0 aliphatic carbocycles. The van der Waals surface area contributed by atoms with Crippen LogP contribution in [-0.4, -0.2) is 11.1 Å². The summed E-state index contributed by atoms with van der Waals surface area (Å²) in [6.07, 6.45) is 0.909. The average molecular weight is 179 g/mol. The van der Waals surface area contributed by atoms with Gasteiger partial charge in [0.15, 0.2) is 0 Å². The van der Waals surface area contributed by atoms with E-state index in [0.717, 1.165) is 6.08 Å². The summed E-state index contributed by atoms with van der Waals surface area (Å²) in [6, 6.07) is 5.31. The van der Waals surface area contributed by atoms with E-state index >= 15 is 0 Å². The van der Waals surface area contributed by atoms with Gasteiger partial charge in [-0.15, -0.1) is 11.3 Å². The SMILES string of the molecule is N#CC(=CC(=O)O)c1cccs1. The van der Waals surface area contributed by atoms with E-state index < -0.39 is 5.97 Å². The van der Waals surface area contributed by atoms with E-state index in [1.807, 2.05) is 6.07 Å². The van der Waals surface area contributed by atoms with E-state index in [9.17, 15) is 4.79 Å². The van der Waals surface area contributed by atoms with E-state index in [1.165, 1.54) is 11.3 Å². The van der Waals surface area contributed by atoms with E-state index in [-0.39, 0.29) is 5.57 Å². The topological polar surface area (TPSA) is 61.1 Å². The summed E-state index contributed by atoms with van der Waals surface area (Å²) in [7, 11) is 0. The van der Waals surface area contributed by atoms with Gasteiger partial charge in [0.25, 0.3) is 0 Å². The summed E-state index contributed by atoms with van der Waals surface area (Å²) < 4.78 is 0. The molecule has 0 radical (unpaired) electrons. The van der Waals surface area contributed by atoms with Gasteiger partial charge in [-0.25, -0.2) is 4.79 Å². The Morgan fingerprint density at radius 1 is 1.75 bits per heavy atom. The maximum absolute atomic E-state index is 10.2. The van der Waals surface area contributed by atoms with Crippen LogP contribution < -0.4 is 0 Å². The molecule has 0 fully saturated rings. The molecule has 1 N–H and O–H groups in total. The molecule has 0 atom stereocenters. The third kappa shape index (κ3) is 1.94. The van der Waals surface area contributed by atoms with E-state index in [0.29, 0.717) is 4.88 Å². The first-order valence-corrected chi connectivity index (χ1v) is 4.00. The van der Waals surface area contributed by atoms with Crippen LogP contribution in [0.15, 0.2) is 23.6 Å². The molecule has 3 nitrogen and oxygen atoms in total. The second-order valence-electron chi connectivity index (χ2n) is 1.99. The minimum Gasteiger partial charge on any atom is -0.478 e. The average Bonchev–Trinajstić information content (AvgIpc) is 2.51. The quantitative estimate of drug-likeness (QED) is 0.555. The van der Waals surface area contributed by atoms with Crippen LogP contribution in [0.5, 0.6) is 0 Å². The van der Waals surface area contributed by atoms with Gasteiger partial charge in [0.1, 0.15) is 6.07 Å². The Labute approximate surface area is 73.2 Å². The predicted octanol–water partition coefficient (Wildman–Crippen LogP) is 1.74. The Hall–Kier alpha value is -1.60. The summed E-state index contributed by atoms with van der Waals surface area (Å²) in [5.41, 5.74) is 0.192. The highest BCUT2D eigenvalue weighted by molar-refractivity contribution is 7.11. The Morgan fingerprint density at radius 2 is 2.50 bits per heavy atom. The van der Waals surface area contributed by atoms with Crippen molar-refractivity contribution in [3.8, 4) is 6.07 Å². The third-order valence-corrected chi connectivity index (χ3v) is 2.08. The lowest BCUT2D eigenvalue weighted by molar-refractivity contribution is -0.131. The van der Waals surface area contributed by atoms with Crippen LogP contribution in [0.1, 0.15) is 4.88 Å². The second-order valence-corrected chi connectivity index (χ2v) is 2.93. The number of hydrogen-bond acceptors (Lipinski definition) is 3. The lowest BCUT2D eigenvalue weighted by Gasteiger charge is -1.88. The highest BCUT2D eigenvalue weighted by Gasteiger charge is 2.02. The van der Waals surface area contributed by atoms with Crippen LogP contribution >= 0.6 is 11.3 Å². The standard InChI is InChI=1S/C8H5NO2S/c9-5-6(4-8(10)11)7-2-1-3-12-7/h1-4H,(H,10,11). The van der Waals surface area contributed by atoms with Crippen molar-refractivity contribution in [3.05, 3.63) is 28.5 Å². The molecule has 0 aromatic carbocycles. The van der Waals surface area contributed by atoms with Crippen molar-refractivity contribution in [1.29, 1.82) is 5.26 Å². The van der Waals surface area contributed by atoms with Crippen molar-refractivity contribution in [1.82, 2.24) is 0 Å². The summed E-state index contributed by atoms with van der Waals surface area (Å²) in [6.45, 7) is 0. The number of allylic oxidation sites excluding steroid dienone is 1. The van der Waals surface area contributed by atoms with Crippen LogP contribution in [0.4, 0.5) is 0 Å². The number of nitrogens with zero attached hydrogens (tertiary/aromatic N) is 1. The van der Waals surface area contributed by atoms with Gasteiger partial charge in [-0.1, -0.05) is 6.07 Å². The van der Waals surface area contributed by atoms with Crippen LogP contribution in [-0.2, 0) is 4.79 Å². The van der Waals surface area contributed by atoms with Crippen molar-refractivity contribution in [2.45, 2.75) is 0 Å². The first kappa shape index (κ1) is 8.50. The third-order valence-electron chi connectivity index (χ3n) is 1.17. The lowest BCUT2D eigenvalue weighted by Crippen LogP contribution is -1.89. The van der Waals surface area contributed by atoms with Crippen LogP contribution in [0, 0.1) is 11.3 Å². The molecule has 4 heteroatoms. The number of thiophene rings is 1. The number of rotatable bonds is 2. The molecular formula is C8H5NO2S. The van der Waals surface area contributed by atoms with Gasteiger partial charge < -0.3 is 5.11 Å². The van der Waals surface area contributed by atoms with Crippen LogP contribution in [0.25, 0.3) is 5.57 Å². The molecule has 1 heterocycles. The first-order chi connectivity index (χ1) is 5.74. The summed E-state index contributed by atoms with van der Waals surface area (Å²) >= 11 is 1.34. The molecule has 0 saturated carbocycles. The van der Waals surface area contributed by atoms with Gasteiger partial charge in [-0.05, 0) is 11.4 Å². The van der Waals surface area contributed by atoms with Gasteiger partial charge in [-0.3, -0.25) is 0 Å². The molecule has 1 rings (SSSR count). The molecule has 0 spiro atoms. The van der Waals surface area contributed by atoms with Gasteiger partial charge in [0.05, 0.1) is 5.57 Å². The molecular weight excluding hydrogens is 174 g/mol. The van der Waals surface area contributed by atoms with Crippen molar-refractivity contribution in [2.75, 3.05) is 0 Å². The molecule has 0 unspecified atom stereocenters. The molecule has 0 bridgehead atoms. The summed E-state index contributed by atoms with van der Waals surface area (Å²) in [5.74, 6) is -1.10. The number of carbonyl (C=O) groups is 1. The molecule has 12 heavy (non-hydrogen) atoms. The Morgan fingerprint density at radius 3 is 2.92 bits per heavy atom. The number of carboxylic acids is 1. The molecule has 0 aliphatic heterocycles. The van der Waals surface area contributed by atoms with E-state index in [4.69, 9.17) is 10.4 Å². The van der Waals surface area contributed by atoms with Gasteiger partial charge >= 0.3 is 5.97 Å². The zero-order valence-electron chi connectivity index (χ0n) is 6.02. The molecule has 0 saturated heterocycles. The summed E-state index contributed by atoms with van der Waals surface area (Å²) in [4.78, 5) is 10.9. The predicted molar refractivity (Wildman–Crippen MR) is 45.5 cm³/mol. The Kier molecular flexibility index (Phi) is 2.62.